The average molecular weight is 269 g/mol. The lowest BCUT2D eigenvalue weighted by atomic mass is 10.0. The van der Waals surface area contributed by atoms with Gasteiger partial charge in [0.15, 0.2) is 0 Å². The topological polar surface area (TPSA) is 44.4 Å². The number of likely N-dealkylation sites (N-methyl/N-ethyl adjacent to an activating group) is 1. The van der Waals surface area contributed by atoms with Crippen LogP contribution in [-0.2, 0) is 4.79 Å². The van der Waals surface area contributed by atoms with Crippen LogP contribution < -0.4 is 10.6 Å². The maximum absolute atomic E-state index is 12.2. The first kappa shape index (κ1) is 16.4. The summed E-state index contributed by atoms with van der Waals surface area (Å²) in [7, 11) is 2.04. The van der Waals surface area contributed by atoms with Crippen molar-refractivity contribution in [2.24, 2.45) is 0 Å². The minimum absolute atomic E-state index is 0.0745. The van der Waals surface area contributed by atoms with E-state index in [0.717, 1.165) is 19.5 Å². The van der Waals surface area contributed by atoms with E-state index in [1.54, 1.807) is 0 Å². The molecule has 1 amide bonds. The highest BCUT2D eigenvalue weighted by atomic mass is 16.2. The number of nitrogens with one attached hydrogen (secondary N) is 2. The van der Waals surface area contributed by atoms with Gasteiger partial charge in [0.2, 0.25) is 5.91 Å². The summed E-state index contributed by atoms with van der Waals surface area (Å²) in [5.74, 6) is 0.130. The first-order valence-electron chi connectivity index (χ1n) is 7.61. The van der Waals surface area contributed by atoms with E-state index in [-0.39, 0.29) is 17.5 Å². The molecular weight excluding hydrogens is 238 g/mol. The number of hydrogen-bond acceptors (Lipinski definition) is 3. The standard InChI is InChI=1S/C15H31N3O/c1-6-15(3,4)17-14(19)12(2)18(5)11-13-9-7-8-10-16-13/h12-13,16H,6-11H2,1-5H3,(H,17,19). The van der Waals surface area contributed by atoms with Gasteiger partial charge >= 0.3 is 0 Å². The summed E-state index contributed by atoms with van der Waals surface area (Å²) in [5, 5.41) is 6.65. The Labute approximate surface area is 118 Å². The van der Waals surface area contributed by atoms with Crippen LogP contribution in [0.1, 0.15) is 53.4 Å². The van der Waals surface area contributed by atoms with Crippen molar-refractivity contribution in [3.63, 3.8) is 0 Å². The Bertz CT molecular complexity index is 285. The predicted octanol–water partition coefficient (Wildman–Crippen LogP) is 1.75. The Hall–Kier alpha value is -0.610. The molecule has 1 fully saturated rings. The lowest BCUT2D eigenvalue weighted by molar-refractivity contribution is -0.127. The average Bonchev–Trinajstić information content (AvgIpc) is 2.38. The van der Waals surface area contributed by atoms with Crippen LogP contribution in [0.2, 0.25) is 0 Å². The number of amides is 1. The SMILES string of the molecule is CCC(C)(C)NC(=O)C(C)N(C)CC1CCCCN1. The molecule has 2 atom stereocenters. The molecule has 2 unspecified atom stereocenters. The van der Waals surface area contributed by atoms with Crippen molar-refractivity contribution in [1.82, 2.24) is 15.5 Å². The van der Waals surface area contributed by atoms with Gasteiger partial charge in [-0.25, -0.2) is 0 Å². The van der Waals surface area contributed by atoms with E-state index >= 15 is 0 Å². The van der Waals surface area contributed by atoms with E-state index in [4.69, 9.17) is 0 Å². The summed E-state index contributed by atoms with van der Waals surface area (Å²) in [6.07, 6.45) is 4.74. The van der Waals surface area contributed by atoms with E-state index in [1.807, 2.05) is 14.0 Å². The van der Waals surface area contributed by atoms with Crippen LogP contribution in [0.25, 0.3) is 0 Å². The molecular formula is C15H31N3O. The van der Waals surface area contributed by atoms with Gasteiger partial charge in [0.1, 0.15) is 0 Å². The van der Waals surface area contributed by atoms with Crippen molar-refractivity contribution < 1.29 is 4.79 Å². The van der Waals surface area contributed by atoms with Gasteiger partial charge in [-0.1, -0.05) is 13.3 Å². The quantitative estimate of drug-likeness (QED) is 0.772. The number of rotatable bonds is 6. The largest absolute Gasteiger partial charge is 0.350 e. The van der Waals surface area contributed by atoms with Gasteiger partial charge in [-0.2, -0.15) is 0 Å². The minimum Gasteiger partial charge on any atom is -0.350 e. The summed E-state index contributed by atoms with van der Waals surface area (Å²) in [5.41, 5.74) is -0.116. The van der Waals surface area contributed by atoms with Gasteiger partial charge in [-0.05, 0) is 53.6 Å². The van der Waals surface area contributed by atoms with Crippen LogP contribution >= 0.6 is 0 Å². The van der Waals surface area contributed by atoms with Crippen molar-refractivity contribution >= 4 is 5.91 Å². The second-order valence-electron chi connectivity index (χ2n) is 6.49. The Kier molecular flexibility index (Phi) is 6.27. The molecule has 0 aromatic heterocycles. The number of carbonyl (C=O) groups excluding carboxylic acids is 1. The monoisotopic (exact) mass is 269 g/mol. The Balaban J connectivity index is 2.42. The highest BCUT2D eigenvalue weighted by Crippen LogP contribution is 2.11. The molecule has 0 saturated carbocycles. The number of carbonyl (C=O) groups is 1. The van der Waals surface area contributed by atoms with Crippen LogP contribution in [0.3, 0.4) is 0 Å². The van der Waals surface area contributed by atoms with Crippen LogP contribution in [-0.4, -0.2) is 48.6 Å². The van der Waals surface area contributed by atoms with E-state index in [1.165, 1.54) is 19.3 Å². The Morgan fingerprint density at radius 2 is 2.16 bits per heavy atom. The molecule has 0 aromatic rings. The molecule has 2 N–H and O–H groups in total. The molecule has 0 radical (unpaired) electrons. The highest BCUT2D eigenvalue weighted by molar-refractivity contribution is 5.81. The van der Waals surface area contributed by atoms with E-state index in [9.17, 15) is 4.79 Å². The summed E-state index contributed by atoms with van der Waals surface area (Å²) in [4.78, 5) is 14.4. The van der Waals surface area contributed by atoms with Crippen LogP contribution in [0.4, 0.5) is 0 Å². The molecule has 0 bridgehead atoms. The molecule has 1 aliphatic heterocycles. The molecule has 0 aromatic carbocycles. The molecule has 1 saturated heterocycles. The number of hydrogen-bond donors (Lipinski definition) is 2. The third kappa shape index (κ3) is 5.49. The molecule has 4 nitrogen and oxygen atoms in total. The summed E-state index contributed by atoms with van der Waals surface area (Å²) >= 11 is 0. The van der Waals surface area contributed by atoms with Gasteiger partial charge in [0, 0.05) is 18.1 Å². The zero-order chi connectivity index (χ0) is 14.5. The van der Waals surface area contributed by atoms with Gasteiger partial charge < -0.3 is 10.6 Å². The van der Waals surface area contributed by atoms with Crippen LogP contribution in [0.5, 0.6) is 0 Å². The third-order valence-electron chi connectivity index (χ3n) is 4.31. The molecule has 1 heterocycles. The van der Waals surface area contributed by atoms with Gasteiger partial charge in [0.25, 0.3) is 0 Å². The maximum atomic E-state index is 12.2. The van der Waals surface area contributed by atoms with Crippen LogP contribution in [0, 0.1) is 0 Å². The Morgan fingerprint density at radius 3 is 2.68 bits per heavy atom. The van der Waals surface area contributed by atoms with E-state index < -0.39 is 0 Å². The van der Waals surface area contributed by atoms with Crippen molar-refractivity contribution in [3.8, 4) is 0 Å². The maximum Gasteiger partial charge on any atom is 0.237 e. The smallest absolute Gasteiger partial charge is 0.237 e. The lowest BCUT2D eigenvalue weighted by Gasteiger charge is -2.33. The van der Waals surface area contributed by atoms with Crippen LogP contribution in [0.15, 0.2) is 0 Å². The second-order valence-corrected chi connectivity index (χ2v) is 6.49. The van der Waals surface area contributed by atoms with Crippen molar-refractivity contribution in [3.05, 3.63) is 0 Å². The number of nitrogens with zero attached hydrogens (tertiary/aromatic N) is 1. The van der Waals surface area contributed by atoms with Gasteiger partial charge in [0.05, 0.1) is 6.04 Å². The van der Waals surface area contributed by atoms with Gasteiger partial charge in [-0.15, -0.1) is 0 Å². The second kappa shape index (κ2) is 7.25. The van der Waals surface area contributed by atoms with Crippen molar-refractivity contribution in [2.75, 3.05) is 20.1 Å². The summed E-state index contributed by atoms with van der Waals surface area (Å²) < 4.78 is 0. The molecule has 19 heavy (non-hydrogen) atoms. The first-order chi connectivity index (χ1) is 8.85. The van der Waals surface area contributed by atoms with Crippen molar-refractivity contribution in [1.29, 1.82) is 0 Å². The molecule has 1 rings (SSSR count). The molecule has 4 heteroatoms. The zero-order valence-corrected chi connectivity index (χ0v) is 13.3. The van der Waals surface area contributed by atoms with E-state index in [2.05, 4.69) is 36.3 Å². The third-order valence-corrected chi connectivity index (χ3v) is 4.31. The van der Waals surface area contributed by atoms with E-state index in [0.29, 0.717) is 6.04 Å². The molecule has 112 valence electrons. The van der Waals surface area contributed by atoms with Crippen molar-refractivity contribution in [2.45, 2.75) is 71.0 Å². The van der Waals surface area contributed by atoms with Gasteiger partial charge in [-0.3, -0.25) is 9.69 Å². The lowest BCUT2D eigenvalue weighted by Crippen LogP contribution is -2.53. The molecule has 1 aliphatic rings. The normalized spacial score (nSPS) is 22.3. The predicted molar refractivity (Wildman–Crippen MR) is 80.2 cm³/mol. The summed E-state index contributed by atoms with van der Waals surface area (Å²) in [6, 6.07) is 0.461. The fraction of sp³-hybridized carbons (Fsp3) is 0.933. The summed E-state index contributed by atoms with van der Waals surface area (Å²) in [6.45, 7) is 10.3. The zero-order valence-electron chi connectivity index (χ0n) is 13.3. The molecule has 0 spiro atoms. The highest BCUT2D eigenvalue weighted by Gasteiger charge is 2.25. The minimum atomic E-state index is -0.116. The first-order valence-corrected chi connectivity index (χ1v) is 7.61. The fourth-order valence-corrected chi connectivity index (χ4v) is 2.31. The fourth-order valence-electron chi connectivity index (χ4n) is 2.31. The number of piperidine rings is 1. The Morgan fingerprint density at radius 1 is 1.47 bits per heavy atom. The molecule has 0 aliphatic carbocycles.